The number of carbonyl (C=O) groups excluding carboxylic acids is 3. The van der Waals surface area contributed by atoms with Crippen LogP contribution in [0.2, 0.25) is 0 Å². The molecule has 2 aliphatic heterocycles. The molecule has 2 N–H and O–H groups in total. The average Bonchev–Trinajstić information content (AvgIpc) is 2.83. The summed E-state index contributed by atoms with van der Waals surface area (Å²) in [5.74, 6) is -2.15. The molecule has 0 saturated heterocycles. The minimum absolute atomic E-state index is 0.00611. The molecule has 1 amide bonds. The van der Waals surface area contributed by atoms with Gasteiger partial charge in [0.1, 0.15) is 16.7 Å². The van der Waals surface area contributed by atoms with Gasteiger partial charge in [-0.25, -0.2) is 9.59 Å². The molecule has 2 aliphatic rings. The van der Waals surface area contributed by atoms with Gasteiger partial charge in [0.25, 0.3) is 0 Å². The van der Waals surface area contributed by atoms with Crippen LogP contribution in [0.3, 0.4) is 0 Å². The first kappa shape index (κ1) is 17.5. The summed E-state index contributed by atoms with van der Waals surface area (Å²) in [7, 11) is 3.88. The second-order valence-electron chi connectivity index (χ2n) is 5.90. The molecule has 3 rings (SSSR count). The Labute approximate surface area is 149 Å². The number of methoxy groups -OCH3 is 2. The number of amides is 1. The van der Waals surface area contributed by atoms with E-state index in [0.717, 1.165) is 7.11 Å². The molecule has 136 valence electrons. The molecule has 0 aliphatic carbocycles. The standard InChI is InChI=1S/C18H18N2O6/c1-9-12(15(21)24-3)18(17(23)20(9)2)10-7-5-6-8-11(10)26-14(19)13(18)16(22)25-4/h5-8H,19H2,1-4H3/t18-/m1/s1. The Kier molecular flexibility index (Phi) is 3.98. The number of nitrogens with two attached hydrogens (primary N) is 1. The fraction of sp³-hybridized carbons (Fsp3) is 0.278. The zero-order chi connectivity index (χ0) is 19.2. The Morgan fingerprint density at radius 1 is 1.12 bits per heavy atom. The highest BCUT2D eigenvalue weighted by atomic mass is 16.5. The predicted octanol–water partition coefficient (Wildman–Crippen LogP) is 0.579. The summed E-state index contributed by atoms with van der Waals surface area (Å²) in [4.78, 5) is 39.9. The minimum Gasteiger partial charge on any atom is -0.466 e. The number of benzene rings is 1. The van der Waals surface area contributed by atoms with E-state index >= 15 is 0 Å². The van der Waals surface area contributed by atoms with Crippen molar-refractivity contribution in [3.8, 4) is 5.75 Å². The Balaban J connectivity index is 2.49. The summed E-state index contributed by atoms with van der Waals surface area (Å²) < 4.78 is 15.3. The molecule has 0 aromatic heterocycles. The number of allylic oxidation sites excluding steroid dienone is 1. The van der Waals surface area contributed by atoms with E-state index in [0.29, 0.717) is 11.3 Å². The molecule has 1 atom stereocenters. The highest BCUT2D eigenvalue weighted by molar-refractivity contribution is 6.17. The number of nitrogens with zero attached hydrogens (tertiary/aromatic N) is 1. The zero-order valence-electron chi connectivity index (χ0n) is 14.8. The summed E-state index contributed by atoms with van der Waals surface area (Å²) >= 11 is 0. The Bertz CT molecular complexity index is 901. The van der Waals surface area contributed by atoms with E-state index in [-0.39, 0.29) is 22.8 Å². The molecule has 1 aromatic rings. The van der Waals surface area contributed by atoms with Gasteiger partial charge < -0.3 is 24.8 Å². The SMILES string of the molecule is COC(=O)C1=C(N)Oc2ccccc2[C@]12C(=O)N(C)C(C)=C2C(=O)OC. The van der Waals surface area contributed by atoms with E-state index in [1.165, 1.54) is 19.1 Å². The third kappa shape index (κ3) is 1.98. The summed E-state index contributed by atoms with van der Waals surface area (Å²) in [5, 5.41) is 0. The highest BCUT2D eigenvalue weighted by Crippen LogP contribution is 2.53. The molecule has 8 nitrogen and oxygen atoms in total. The highest BCUT2D eigenvalue weighted by Gasteiger charge is 2.63. The van der Waals surface area contributed by atoms with Crippen molar-refractivity contribution >= 4 is 17.8 Å². The van der Waals surface area contributed by atoms with Gasteiger partial charge in [-0.3, -0.25) is 4.79 Å². The lowest BCUT2D eigenvalue weighted by Gasteiger charge is -2.36. The average molecular weight is 358 g/mol. The molecule has 8 heteroatoms. The van der Waals surface area contributed by atoms with E-state index < -0.39 is 23.3 Å². The van der Waals surface area contributed by atoms with Gasteiger partial charge in [0.15, 0.2) is 0 Å². The summed E-state index contributed by atoms with van der Waals surface area (Å²) in [6.45, 7) is 1.60. The van der Waals surface area contributed by atoms with Crippen LogP contribution in [0.25, 0.3) is 0 Å². The number of rotatable bonds is 2. The summed E-state index contributed by atoms with van der Waals surface area (Å²) in [6.07, 6.45) is 0. The van der Waals surface area contributed by atoms with Crippen molar-refractivity contribution in [2.45, 2.75) is 12.3 Å². The monoisotopic (exact) mass is 358 g/mol. The molecule has 0 bridgehead atoms. The van der Waals surface area contributed by atoms with E-state index in [1.807, 2.05) is 0 Å². The number of carbonyl (C=O) groups is 3. The maximum atomic E-state index is 13.4. The van der Waals surface area contributed by atoms with Crippen molar-refractivity contribution in [2.24, 2.45) is 5.73 Å². The molecule has 1 spiro atoms. The third-order valence-electron chi connectivity index (χ3n) is 4.78. The number of hydrogen-bond acceptors (Lipinski definition) is 7. The van der Waals surface area contributed by atoms with Crippen molar-refractivity contribution < 1.29 is 28.6 Å². The predicted molar refractivity (Wildman–Crippen MR) is 89.5 cm³/mol. The molecule has 0 radical (unpaired) electrons. The van der Waals surface area contributed by atoms with Crippen molar-refractivity contribution in [1.82, 2.24) is 4.90 Å². The smallest absolute Gasteiger partial charge is 0.340 e. The minimum atomic E-state index is -1.79. The molecule has 0 fully saturated rings. The van der Waals surface area contributed by atoms with Crippen molar-refractivity contribution in [3.05, 3.63) is 52.6 Å². The van der Waals surface area contributed by atoms with Gasteiger partial charge in [-0.2, -0.15) is 0 Å². The van der Waals surface area contributed by atoms with Crippen LogP contribution in [-0.2, 0) is 29.3 Å². The van der Waals surface area contributed by atoms with Gasteiger partial charge in [0.05, 0.1) is 19.8 Å². The van der Waals surface area contributed by atoms with Crippen LogP contribution in [0.1, 0.15) is 12.5 Å². The van der Waals surface area contributed by atoms with Gasteiger partial charge >= 0.3 is 11.9 Å². The van der Waals surface area contributed by atoms with Gasteiger partial charge in [0.2, 0.25) is 11.8 Å². The Morgan fingerprint density at radius 2 is 1.69 bits per heavy atom. The van der Waals surface area contributed by atoms with Gasteiger partial charge in [-0.15, -0.1) is 0 Å². The lowest BCUT2D eigenvalue weighted by molar-refractivity contribution is -0.141. The first-order valence-corrected chi connectivity index (χ1v) is 7.76. The van der Waals surface area contributed by atoms with Crippen molar-refractivity contribution in [3.63, 3.8) is 0 Å². The Hall–Kier alpha value is -3.29. The van der Waals surface area contributed by atoms with Crippen molar-refractivity contribution in [1.29, 1.82) is 0 Å². The van der Waals surface area contributed by atoms with Crippen LogP contribution >= 0.6 is 0 Å². The number of esters is 2. The largest absolute Gasteiger partial charge is 0.466 e. The zero-order valence-corrected chi connectivity index (χ0v) is 14.8. The third-order valence-corrected chi connectivity index (χ3v) is 4.78. The fourth-order valence-electron chi connectivity index (χ4n) is 3.54. The summed E-state index contributed by atoms with van der Waals surface area (Å²) in [5.41, 5.74) is 4.64. The number of fused-ring (bicyclic) bond motifs is 2. The van der Waals surface area contributed by atoms with Crippen LogP contribution in [0, 0.1) is 0 Å². The van der Waals surface area contributed by atoms with Gasteiger partial charge in [0, 0.05) is 18.3 Å². The van der Waals surface area contributed by atoms with Gasteiger partial charge in [-0.1, -0.05) is 18.2 Å². The first-order valence-electron chi connectivity index (χ1n) is 7.76. The van der Waals surface area contributed by atoms with Gasteiger partial charge in [-0.05, 0) is 13.0 Å². The van der Waals surface area contributed by atoms with Crippen LogP contribution in [0.15, 0.2) is 47.0 Å². The first-order chi connectivity index (χ1) is 12.3. The molecule has 26 heavy (non-hydrogen) atoms. The van der Waals surface area contributed by atoms with E-state index in [1.54, 1.807) is 31.2 Å². The van der Waals surface area contributed by atoms with Crippen LogP contribution in [0.4, 0.5) is 0 Å². The molecular formula is C18H18N2O6. The molecule has 1 aromatic carbocycles. The van der Waals surface area contributed by atoms with E-state index in [4.69, 9.17) is 19.9 Å². The van der Waals surface area contributed by atoms with E-state index in [9.17, 15) is 14.4 Å². The maximum absolute atomic E-state index is 13.4. The Morgan fingerprint density at radius 3 is 2.31 bits per heavy atom. The second-order valence-corrected chi connectivity index (χ2v) is 5.90. The maximum Gasteiger partial charge on any atom is 0.340 e. The molecule has 0 unspecified atom stereocenters. The lowest BCUT2D eigenvalue weighted by atomic mass is 9.67. The topological polar surface area (TPSA) is 108 Å². The number of hydrogen-bond donors (Lipinski definition) is 1. The number of ether oxygens (including phenoxy) is 3. The molecular weight excluding hydrogens is 340 g/mol. The van der Waals surface area contributed by atoms with E-state index in [2.05, 4.69) is 0 Å². The summed E-state index contributed by atoms with van der Waals surface area (Å²) in [6, 6.07) is 6.59. The number of para-hydroxylation sites is 1. The number of likely N-dealkylation sites (N-methyl/N-ethyl adjacent to an activating group) is 1. The van der Waals surface area contributed by atoms with Crippen LogP contribution in [0.5, 0.6) is 5.75 Å². The lowest BCUT2D eigenvalue weighted by Crippen LogP contribution is -2.49. The van der Waals surface area contributed by atoms with Crippen molar-refractivity contribution in [2.75, 3.05) is 21.3 Å². The molecule has 2 heterocycles. The van der Waals surface area contributed by atoms with Crippen LogP contribution in [-0.4, -0.2) is 44.0 Å². The molecule has 0 saturated carbocycles. The quantitative estimate of drug-likeness (QED) is 0.770. The van der Waals surface area contributed by atoms with Crippen LogP contribution < -0.4 is 10.5 Å². The normalized spacial score (nSPS) is 21.7. The second kappa shape index (κ2) is 5.91. The fourth-order valence-corrected chi connectivity index (χ4v) is 3.54.